The van der Waals surface area contributed by atoms with Gasteiger partial charge in [0.1, 0.15) is 6.04 Å². The topological polar surface area (TPSA) is 114 Å². The van der Waals surface area contributed by atoms with Crippen molar-refractivity contribution < 1.29 is 19.0 Å². The molecular weight excluding hydrogens is 469 g/mol. The summed E-state index contributed by atoms with van der Waals surface area (Å²) < 4.78 is 17.8. The fraction of sp³-hybridized carbons (Fsp3) is 0.227. The highest BCUT2D eigenvalue weighted by molar-refractivity contribution is 6.42. The first-order chi connectivity index (χ1) is 15.8. The average Bonchev–Trinajstić information content (AvgIpc) is 3.22. The second-order valence-electron chi connectivity index (χ2n) is 7.19. The molecule has 0 radical (unpaired) electrons. The van der Waals surface area contributed by atoms with Gasteiger partial charge < -0.3 is 25.3 Å². The number of amides is 1. The van der Waals surface area contributed by atoms with Crippen LogP contribution in [0.5, 0.6) is 17.2 Å². The van der Waals surface area contributed by atoms with Crippen LogP contribution in [0.2, 0.25) is 10.0 Å². The summed E-state index contributed by atoms with van der Waals surface area (Å²) in [7, 11) is 4.58. The van der Waals surface area contributed by atoms with E-state index in [9.17, 15) is 4.79 Å². The summed E-state index contributed by atoms with van der Waals surface area (Å²) in [5.41, 5.74) is 7.76. The van der Waals surface area contributed by atoms with Crippen LogP contribution in [0.15, 0.2) is 41.6 Å². The Morgan fingerprint density at radius 1 is 1.12 bits per heavy atom. The largest absolute Gasteiger partial charge is 0.493 e. The quantitative estimate of drug-likeness (QED) is 0.536. The molecule has 0 bridgehead atoms. The number of carbonyl (C=O) groups excluding carboxylic acids is 1. The number of aromatic nitrogens is 3. The number of ether oxygens (including phenoxy) is 3. The van der Waals surface area contributed by atoms with Crippen LogP contribution in [0.25, 0.3) is 11.4 Å². The Kier molecular flexibility index (Phi) is 6.09. The number of anilines is 1. The molecule has 1 aliphatic rings. The average molecular weight is 490 g/mol. The Labute approximate surface area is 200 Å². The number of allylic oxidation sites excluding steroid dienone is 1. The van der Waals surface area contributed by atoms with Crippen LogP contribution >= 0.6 is 23.2 Å². The SMILES string of the molecule is COc1cc(-c2nc3n(n2)C(c2cccc(Cl)c2Cl)C(C(N)=O)=C(C)N3)cc(OC)c1OC. The molecule has 0 aliphatic carbocycles. The summed E-state index contributed by atoms with van der Waals surface area (Å²) in [5.74, 6) is 1.50. The summed E-state index contributed by atoms with van der Waals surface area (Å²) in [6.45, 7) is 1.74. The first kappa shape index (κ1) is 22.8. The number of methoxy groups -OCH3 is 3. The van der Waals surface area contributed by atoms with E-state index < -0.39 is 11.9 Å². The predicted octanol–water partition coefficient (Wildman–Crippen LogP) is 4.05. The summed E-state index contributed by atoms with van der Waals surface area (Å²) >= 11 is 12.8. The Morgan fingerprint density at radius 3 is 2.36 bits per heavy atom. The lowest BCUT2D eigenvalue weighted by Crippen LogP contribution is -2.32. The van der Waals surface area contributed by atoms with Gasteiger partial charge in [0, 0.05) is 16.8 Å². The van der Waals surface area contributed by atoms with Crippen molar-refractivity contribution in [3.63, 3.8) is 0 Å². The minimum absolute atomic E-state index is 0.299. The van der Waals surface area contributed by atoms with Crippen LogP contribution in [0.4, 0.5) is 5.95 Å². The van der Waals surface area contributed by atoms with Crippen LogP contribution in [0, 0.1) is 0 Å². The zero-order chi connectivity index (χ0) is 23.9. The van der Waals surface area contributed by atoms with Gasteiger partial charge in [0.25, 0.3) is 0 Å². The van der Waals surface area contributed by atoms with Crippen LogP contribution in [0.1, 0.15) is 18.5 Å². The molecule has 9 nitrogen and oxygen atoms in total. The normalized spacial score (nSPS) is 15.0. The second kappa shape index (κ2) is 8.84. The van der Waals surface area contributed by atoms with Gasteiger partial charge in [0.15, 0.2) is 17.3 Å². The molecule has 33 heavy (non-hydrogen) atoms. The molecule has 1 amide bonds. The predicted molar refractivity (Wildman–Crippen MR) is 125 cm³/mol. The maximum absolute atomic E-state index is 12.4. The molecule has 0 spiro atoms. The summed E-state index contributed by atoms with van der Waals surface area (Å²) in [5, 5.41) is 8.42. The first-order valence-corrected chi connectivity index (χ1v) is 10.5. The smallest absolute Gasteiger partial charge is 0.248 e. The molecule has 2 heterocycles. The van der Waals surface area contributed by atoms with Crippen molar-refractivity contribution in [3.8, 4) is 28.6 Å². The van der Waals surface area contributed by atoms with Crippen molar-refractivity contribution in [3.05, 3.63) is 57.2 Å². The van der Waals surface area contributed by atoms with E-state index >= 15 is 0 Å². The van der Waals surface area contributed by atoms with Crippen LogP contribution < -0.4 is 25.3 Å². The molecule has 11 heteroatoms. The zero-order valence-corrected chi connectivity index (χ0v) is 19.8. The van der Waals surface area contributed by atoms with Crippen molar-refractivity contribution in [1.29, 1.82) is 0 Å². The van der Waals surface area contributed by atoms with Gasteiger partial charge >= 0.3 is 0 Å². The first-order valence-electron chi connectivity index (χ1n) is 9.79. The molecule has 1 aliphatic heterocycles. The molecule has 0 fully saturated rings. The number of hydrogen-bond acceptors (Lipinski definition) is 7. The van der Waals surface area contributed by atoms with Gasteiger partial charge in [-0.2, -0.15) is 4.98 Å². The number of fused-ring (bicyclic) bond motifs is 1. The highest BCUT2D eigenvalue weighted by Gasteiger charge is 2.35. The van der Waals surface area contributed by atoms with Crippen molar-refractivity contribution >= 4 is 35.1 Å². The fourth-order valence-electron chi connectivity index (χ4n) is 3.82. The lowest BCUT2D eigenvalue weighted by Gasteiger charge is -2.28. The number of nitrogens with two attached hydrogens (primary N) is 1. The highest BCUT2D eigenvalue weighted by Crippen LogP contribution is 2.43. The number of carbonyl (C=O) groups is 1. The lowest BCUT2D eigenvalue weighted by molar-refractivity contribution is -0.115. The molecule has 1 unspecified atom stereocenters. The third kappa shape index (κ3) is 3.83. The van der Waals surface area contributed by atoms with Gasteiger partial charge in [-0.15, -0.1) is 5.10 Å². The second-order valence-corrected chi connectivity index (χ2v) is 7.98. The number of benzene rings is 2. The molecule has 3 N–H and O–H groups in total. The molecular formula is C22H21Cl2N5O4. The van der Waals surface area contributed by atoms with E-state index in [1.807, 2.05) is 0 Å². The Bertz CT molecular complexity index is 1260. The van der Waals surface area contributed by atoms with Gasteiger partial charge in [0.05, 0.1) is 36.9 Å². The number of primary amides is 1. The number of nitrogens with one attached hydrogen (secondary N) is 1. The molecule has 3 aromatic rings. The zero-order valence-electron chi connectivity index (χ0n) is 18.3. The van der Waals surface area contributed by atoms with E-state index in [1.165, 1.54) is 21.3 Å². The monoisotopic (exact) mass is 489 g/mol. The molecule has 1 atom stereocenters. The summed E-state index contributed by atoms with van der Waals surface area (Å²) in [6, 6.07) is 7.92. The van der Waals surface area contributed by atoms with Gasteiger partial charge in [-0.05, 0) is 25.1 Å². The van der Waals surface area contributed by atoms with Gasteiger partial charge in [0.2, 0.25) is 17.6 Å². The van der Waals surface area contributed by atoms with Crippen molar-refractivity contribution in [1.82, 2.24) is 14.8 Å². The third-order valence-electron chi connectivity index (χ3n) is 5.32. The number of rotatable bonds is 6. The molecule has 0 saturated carbocycles. The minimum atomic E-state index is -0.728. The van der Waals surface area contributed by atoms with Crippen molar-refractivity contribution in [2.75, 3.05) is 26.6 Å². The van der Waals surface area contributed by atoms with Crippen molar-refractivity contribution in [2.24, 2.45) is 5.73 Å². The molecule has 1 aromatic heterocycles. The third-order valence-corrected chi connectivity index (χ3v) is 6.15. The standard InChI is InChI=1S/C22H21Cl2N5O4/c1-10-16(20(25)30)18(12-6-5-7-13(23)17(12)24)29-22(26-10)27-21(28-29)11-8-14(31-2)19(33-4)15(9-11)32-3/h5-9,18H,1-4H3,(H2,25,30)(H,26,27,28). The summed E-state index contributed by atoms with van der Waals surface area (Å²) in [4.78, 5) is 17.0. The van der Waals surface area contributed by atoms with E-state index in [4.69, 9.17) is 43.1 Å². The van der Waals surface area contributed by atoms with E-state index in [0.717, 1.165) is 0 Å². The summed E-state index contributed by atoms with van der Waals surface area (Å²) in [6.07, 6.45) is 0. The van der Waals surface area contributed by atoms with E-state index in [1.54, 1.807) is 41.9 Å². The van der Waals surface area contributed by atoms with Crippen LogP contribution in [-0.2, 0) is 4.79 Å². The number of nitrogens with zero attached hydrogens (tertiary/aromatic N) is 3. The Balaban J connectivity index is 1.92. The minimum Gasteiger partial charge on any atom is -0.493 e. The van der Waals surface area contributed by atoms with Gasteiger partial charge in [-0.1, -0.05) is 35.3 Å². The van der Waals surface area contributed by atoms with Crippen molar-refractivity contribution in [2.45, 2.75) is 13.0 Å². The number of hydrogen-bond donors (Lipinski definition) is 2. The molecule has 172 valence electrons. The maximum Gasteiger partial charge on any atom is 0.248 e. The molecule has 2 aromatic carbocycles. The van der Waals surface area contributed by atoms with Gasteiger partial charge in [-0.25, -0.2) is 4.68 Å². The fourth-order valence-corrected chi connectivity index (χ4v) is 4.23. The van der Waals surface area contributed by atoms with E-state index in [0.29, 0.717) is 61.5 Å². The number of halogens is 2. The van der Waals surface area contributed by atoms with E-state index in [-0.39, 0.29) is 0 Å². The molecule has 0 saturated heterocycles. The maximum atomic E-state index is 12.4. The Morgan fingerprint density at radius 2 is 1.79 bits per heavy atom. The van der Waals surface area contributed by atoms with Crippen LogP contribution in [0.3, 0.4) is 0 Å². The molecule has 4 rings (SSSR count). The highest BCUT2D eigenvalue weighted by atomic mass is 35.5. The van der Waals surface area contributed by atoms with Gasteiger partial charge in [-0.3, -0.25) is 4.79 Å². The van der Waals surface area contributed by atoms with Crippen LogP contribution in [-0.4, -0.2) is 42.0 Å². The lowest BCUT2D eigenvalue weighted by atomic mass is 9.95. The Hall–Kier alpha value is -3.43. The van der Waals surface area contributed by atoms with E-state index in [2.05, 4.69) is 15.4 Å².